The minimum atomic E-state index is -0.336. The van der Waals surface area contributed by atoms with Gasteiger partial charge in [-0.15, -0.1) is 0 Å². The predicted octanol–water partition coefficient (Wildman–Crippen LogP) is 4.55. The molecule has 2 heterocycles. The normalized spacial score (nSPS) is 24.7. The Bertz CT molecular complexity index is 808. The highest BCUT2D eigenvalue weighted by Crippen LogP contribution is 2.40. The van der Waals surface area contributed by atoms with Crippen LogP contribution in [-0.2, 0) is 4.74 Å². The van der Waals surface area contributed by atoms with Crippen LogP contribution >= 0.6 is 0 Å². The lowest BCUT2D eigenvalue weighted by Gasteiger charge is -2.31. The zero-order chi connectivity index (χ0) is 18.8. The highest BCUT2D eigenvalue weighted by molar-refractivity contribution is 6.01. The first kappa shape index (κ1) is 17.9. The Kier molecular flexibility index (Phi) is 5.03. The molecular weight excluding hydrogens is 344 g/mol. The third-order valence-corrected chi connectivity index (χ3v) is 5.19. The van der Waals surface area contributed by atoms with Crippen LogP contribution < -0.4 is 14.2 Å². The number of Topliss-reactive ketones (excluding diaryl/α,β-unsaturated/α-hetero) is 1. The summed E-state index contributed by atoms with van der Waals surface area (Å²) in [4.78, 5) is 12.9. The van der Waals surface area contributed by atoms with Crippen molar-refractivity contribution in [1.29, 1.82) is 0 Å². The SMILES string of the molecule is COc1ccc([C@@H]2Oc3cc(OC4CCCCO4)ccc3C(=O)[C@H]2C)cc1. The zero-order valence-electron chi connectivity index (χ0n) is 15.6. The Morgan fingerprint density at radius 2 is 1.81 bits per heavy atom. The molecule has 2 aliphatic rings. The van der Waals surface area contributed by atoms with E-state index in [4.69, 9.17) is 18.9 Å². The fourth-order valence-corrected chi connectivity index (χ4v) is 3.60. The van der Waals surface area contributed by atoms with Crippen LogP contribution in [-0.4, -0.2) is 25.8 Å². The second-order valence-corrected chi connectivity index (χ2v) is 7.04. The number of carbonyl (C=O) groups is 1. The van der Waals surface area contributed by atoms with E-state index in [2.05, 4.69) is 0 Å². The number of hydrogen-bond donors (Lipinski definition) is 0. The summed E-state index contributed by atoms with van der Waals surface area (Å²) < 4.78 is 23.0. The number of fused-ring (bicyclic) bond motifs is 1. The van der Waals surface area contributed by atoms with Crippen molar-refractivity contribution in [2.75, 3.05) is 13.7 Å². The van der Waals surface area contributed by atoms with E-state index in [0.717, 1.165) is 37.2 Å². The van der Waals surface area contributed by atoms with Gasteiger partial charge in [0.25, 0.3) is 0 Å². The molecule has 2 aromatic carbocycles. The van der Waals surface area contributed by atoms with Crippen LogP contribution in [0.25, 0.3) is 0 Å². The smallest absolute Gasteiger partial charge is 0.199 e. The first-order valence-electron chi connectivity index (χ1n) is 9.43. The van der Waals surface area contributed by atoms with Crippen LogP contribution in [0, 0.1) is 5.92 Å². The molecule has 142 valence electrons. The van der Waals surface area contributed by atoms with E-state index in [-0.39, 0.29) is 24.1 Å². The molecule has 0 aromatic heterocycles. The van der Waals surface area contributed by atoms with E-state index in [1.165, 1.54) is 0 Å². The molecular formula is C22H24O5. The number of ketones is 1. The minimum absolute atomic E-state index is 0.0811. The van der Waals surface area contributed by atoms with Gasteiger partial charge in [-0.05, 0) is 42.7 Å². The van der Waals surface area contributed by atoms with Crippen molar-refractivity contribution < 1.29 is 23.7 Å². The van der Waals surface area contributed by atoms with Crippen molar-refractivity contribution in [3.63, 3.8) is 0 Å². The molecule has 1 fully saturated rings. The fraction of sp³-hybridized carbons (Fsp3) is 0.409. The predicted molar refractivity (Wildman–Crippen MR) is 101 cm³/mol. The lowest BCUT2D eigenvalue weighted by molar-refractivity contribution is -0.106. The van der Waals surface area contributed by atoms with Gasteiger partial charge in [0.2, 0.25) is 0 Å². The molecule has 0 aliphatic carbocycles. The van der Waals surface area contributed by atoms with Gasteiger partial charge in [0.15, 0.2) is 12.1 Å². The van der Waals surface area contributed by atoms with Crippen molar-refractivity contribution in [1.82, 2.24) is 0 Å². The van der Waals surface area contributed by atoms with Gasteiger partial charge < -0.3 is 18.9 Å². The summed E-state index contributed by atoms with van der Waals surface area (Å²) in [5, 5.41) is 0. The number of carbonyl (C=O) groups excluding carboxylic acids is 1. The van der Waals surface area contributed by atoms with Crippen LogP contribution in [0.2, 0.25) is 0 Å². The van der Waals surface area contributed by atoms with E-state index < -0.39 is 0 Å². The van der Waals surface area contributed by atoms with Crippen LogP contribution in [0.4, 0.5) is 0 Å². The summed E-state index contributed by atoms with van der Waals surface area (Å²) in [6, 6.07) is 13.0. The van der Waals surface area contributed by atoms with Gasteiger partial charge in [-0.1, -0.05) is 19.1 Å². The van der Waals surface area contributed by atoms with E-state index >= 15 is 0 Å². The Hall–Kier alpha value is -2.53. The summed E-state index contributed by atoms with van der Waals surface area (Å²) >= 11 is 0. The van der Waals surface area contributed by atoms with E-state index in [1.807, 2.05) is 37.3 Å². The third kappa shape index (κ3) is 3.65. The average Bonchev–Trinajstić information content (AvgIpc) is 2.71. The molecule has 5 nitrogen and oxygen atoms in total. The zero-order valence-corrected chi connectivity index (χ0v) is 15.6. The number of ether oxygens (including phenoxy) is 4. The third-order valence-electron chi connectivity index (χ3n) is 5.19. The van der Waals surface area contributed by atoms with Gasteiger partial charge in [0.05, 0.1) is 25.2 Å². The van der Waals surface area contributed by atoms with Gasteiger partial charge in [0.1, 0.15) is 23.4 Å². The fourth-order valence-electron chi connectivity index (χ4n) is 3.60. The number of hydrogen-bond acceptors (Lipinski definition) is 5. The molecule has 0 spiro atoms. The van der Waals surface area contributed by atoms with Crippen LogP contribution in [0.15, 0.2) is 42.5 Å². The van der Waals surface area contributed by atoms with E-state index in [1.54, 1.807) is 19.2 Å². The summed E-state index contributed by atoms with van der Waals surface area (Å²) in [6.45, 7) is 2.63. The Balaban J connectivity index is 1.58. The van der Waals surface area contributed by atoms with Gasteiger partial charge in [-0.25, -0.2) is 0 Å². The lowest BCUT2D eigenvalue weighted by Crippen LogP contribution is -2.30. The molecule has 3 atom stereocenters. The molecule has 0 N–H and O–H groups in total. The maximum Gasteiger partial charge on any atom is 0.199 e. The van der Waals surface area contributed by atoms with Gasteiger partial charge in [-0.2, -0.15) is 0 Å². The Labute approximate surface area is 159 Å². The van der Waals surface area contributed by atoms with Crippen LogP contribution in [0.3, 0.4) is 0 Å². The topological polar surface area (TPSA) is 54.0 Å². The van der Waals surface area contributed by atoms with Crippen LogP contribution in [0.5, 0.6) is 17.2 Å². The molecule has 0 radical (unpaired) electrons. The summed E-state index contributed by atoms with van der Waals surface area (Å²) in [5.74, 6) is 1.82. The molecule has 5 heteroatoms. The summed E-state index contributed by atoms with van der Waals surface area (Å²) in [5.41, 5.74) is 1.55. The minimum Gasteiger partial charge on any atom is -0.497 e. The highest BCUT2D eigenvalue weighted by atomic mass is 16.7. The number of methoxy groups -OCH3 is 1. The van der Waals surface area contributed by atoms with Gasteiger partial charge >= 0.3 is 0 Å². The van der Waals surface area contributed by atoms with Gasteiger partial charge in [0, 0.05) is 12.5 Å². The molecule has 0 amide bonds. The van der Waals surface area contributed by atoms with Crippen molar-refractivity contribution in [3.8, 4) is 17.2 Å². The molecule has 4 rings (SSSR count). The summed E-state index contributed by atoms with van der Waals surface area (Å²) in [6.07, 6.45) is 2.48. The Morgan fingerprint density at radius 1 is 1.04 bits per heavy atom. The Morgan fingerprint density at radius 3 is 2.52 bits per heavy atom. The lowest BCUT2D eigenvalue weighted by atomic mass is 9.87. The van der Waals surface area contributed by atoms with Crippen molar-refractivity contribution >= 4 is 5.78 Å². The molecule has 1 unspecified atom stereocenters. The number of benzene rings is 2. The average molecular weight is 368 g/mol. The summed E-state index contributed by atoms with van der Waals surface area (Å²) in [7, 11) is 1.63. The molecule has 27 heavy (non-hydrogen) atoms. The van der Waals surface area contributed by atoms with E-state index in [9.17, 15) is 4.79 Å². The quantitative estimate of drug-likeness (QED) is 0.792. The second-order valence-electron chi connectivity index (χ2n) is 7.04. The largest absolute Gasteiger partial charge is 0.497 e. The van der Waals surface area contributed by atoms with E-state index in [0.29, 0.717) is 17.1 Å². The standard InChI is InChI=1S/C22H24O5/c1-14-21(23)18-11-10-17(26-20-5-3-4-12-25-20)13-19(18)27-22(14)15-6-8-16(24-2)9-7-15/h6-11,13-14,20,22H,3-5,12H2,1-2H3/t14-,20?,22-/m1/s1. The molecule has 0 saturated carbocycles. The monoisotopic (exact) mass is 368 g/mol. The first-order valence-corrected chi connectivity index (χ1v) is 9.43. The first-order chi connectivity index (χ1) is 13.2. The molecule has 2 aromatic rings. The number of rotatable bonds is 4. The maximum atomic E-state index is 12.9. The maximum absolute atomic E-state index is 12.9. The van der Waals surface area contributed by atoms with Crippen molar-refractivity contribution in [3.05, 3.63) is 53.6 Å². The molecule has 0 bridgehead atoms. The second kappa shape index (κ2) is 7.61. The van der Waals surface area contributed by atoms with Crippen molar-refractivity contribution in [2.45, 2.75) is 38.6 Å². The molecule has 2 aliphatic heterocycles. The highest BCUT2D eigenvalue weighted by Gasteiger charge is 2.35. The van der Waals surface area contributed by atoms with Crippen molar-refractivity contribution in [2.24, 2.45) is 5.92 Å². The van der Waals surface area contributed by atoms with Gasteiger partial charge in [-0.3, -0.25) is 4.79 Å². The molecule has 1 saturated heterocycles. The van der Waals surface area contributed by atoms with Crippen LogP contribution in [0.1, 0.15) is 48.2 Å².